The Balaban J connectivity index is 1.47. The van der Waals surface area contributed by atoms with Gasteiger partial charge in [-0.3, -0.25) is 13.9 Å². The van der Waals surface area contributed by atoms with Crippen molar-refractivity contribution in [3.8, 4) is 5.75 Å². The lowest BCUT2D eigenvalue weighted by Gasteiger charge is -2.39. The molecule has 0 radical (unpaired) electrons. The van der Waals surface area contributed by atoms with Crippen molar-refractivity contribution in [1.82, 2.24) is 14.0 Å². The molecule has 4 rings (SSSR count). The minimum Gasteiger partial charge on any atom is -0.487 e. The molecule has 0 bridgehead atoms. The van der Waals surface area contributed by atoms with Crippen LogP contribution >= 0.6 is 0 Å². The van der Waals surface area contributed by atoms with Gasteiger partial charge in [-0.1, -0.05) is 12.1 Å². The van der Waals surface area contributed by atoms with E-state index in [2.05, 4.69) is 0 Å². The first kappa shape index (κ1) is 16.4. The Kier molecular flexibility index (Phi) is 3.83. The molecular weight excluding hydrogens is 330 g/mol. The smallest absolute Gasteiger partial charge is 0.328 e. The number of hydrogen-bond acceptors (Lipinski definition) is 3. The number of likely N-dealkylation sites (tertiary alicyclic amines) is 1. The Hall–Kier alpha value is -3.02. The molecule has 0 N–H and O–H groups in total. The van der Waals surface area contributed by atoms with Gasteiger partial charge in [0.2, 0.25) is 0 Å². The molecule has 26 heavy (non-hydrogen) atoms. The van der Waals surface area contributed by atoms with Gasteiger partial charge in [0.15, 0.2) is 0 Å². The highest BCUT2D eigenvalue weighted by Crippen LogP contribution is 2.22. The van der Waals surface area contributed by atoms with Gasteiger partial charge >= 0.3 is 5.69 Å². The maximum Gasteiger partial charge on any atom is 0.328 e. The zero-order chi connectivity index (χ0) is 18.4. The Morgan fingerprint density at radius 3 is 2.50 bits per heavy atom. The van der Waals surface area contributed by atoms with Gasteiger partial charge in [0.1, 0.15) is 11.9 Å². The monoisotopic (exact) mass is 351 g/mol. The Labute approximate surface area is 151 Å². The number of amides is 1. The number of carbonyl (C=O) groups is 1. The van der Waals surface area contributed by atoms with Gasteiger partial charge in [0, 0.05) is 19.7 Å². The molecule has 6 heteroatoms. The molecule has 2 aromatic carbocycles. The van der Waals surface area contributed by atoms with E-state index in [1.165, 1.54) is 0 Å². The van der Waals surface area contributed by atoms with E-state index in [-0.39, 0.29) is 17.7 Å². The summed E-state index contributed by atoms with van der Waals surface area (Å²) in [6.45, 7) is 3.16. The lowest BCUT2D eigenvalue weighted by Crippen LogP contribution is -2.56. The SMILES string of the molecule is Cc1cccc(OC2CN(C(=O)c3ccc4c(c3)n(C)c(=O)n4C)C2)c1. The third-order valence-corrected chi connectivity index (χ3v) is 4.95. The third-order valence-electron chi connectivity index (χ3n) is 4.95. The maximum atomic E-state index is 12.7. The van der Waals surface area contributed by atoms with Crippen molar-refractivity contribution in [3.63, 3.8) is 0 Å². The second kappa shape index (κ2) is 6.05. The van der Waals surface area contributed by atoms with Crippen LogP contribution in [0.25, 0.3) is 11.0 Å². The molecule has 1 aliphatic heterocycles. The molecule has 0 atom stereocenters. The minimum absolute atomic E-state index is 0.0190. The number of benzene rings is 2. The Morgan fingerprint density at radius 1 is 1.04 bits per heavy atom. The molecule has 0 aliphatic carbocycles. The van der Waals surface area contributed by atoms with E-state index in [9.17, 15) is 9.59 Å². The zero-order valence-electron chi connectivity index (χ0n) is 15.1. The Bertz CT molecular complexity index is 1060. The van der Waals surface area contributed by atoms with Gasteiger partial charge in [0.25, 0.3) is 5.91 Å². The van der Waals surface area contributed by atoms with E-state index in [1.807, 2.05) is 37.3 Å². The molecule has 0 saturated carbocycles. The average Bonchev–Trinajstić information content (AvgIpc) is 2.81. The van der Waals surface area contributed by atoms with Gasteiger partial charge in [-0.05, 0) is 42.8 Å². The van der Waals surface area contributed by atoms with E-state index in [1.54, 1.807) is 40.3 Å². The molecule has 1 aliphatic rings. The first-order valence-electron chi connectivity index (χ1n) is 8.62. The van der Waals surface area contributed by atoms with Crippen molar-refractivity contribution in [1.29, 1.82) is 0 Å². The number of aryl methyl sites for hydroxylation is 3. The maximum absolute atomic E-state index is 12.7. The normalized spacial score (nSPS) is 14.5. The second-order valence-corrected chi connectivity index (χ2v) is 6.87. The van der Waals surface area contributed by atoms with Crippen molar-refractivity contribution >= 4 is 16.9 Å². The summed E-state index contributed by atoms with van der Waals surface area (Å²) in [5.74, 6) is 0.801. The summed E-state index contributed by atoms with van der Waals surface area (Å²) >= 11 is 0. The van der Waals surface area contributed by atoms with E-state index < -0.39 is 0 Å². The molecule has 1 aromatic heterocycles. The van der Waals surface area contributed by atoms with Gasteiger partial charge in [-0.15, -0.1) is 0 Å². The number of ether oxygens (including phenoxy) is 1. The number of rotatable bonds is 3. The summed E-state index contributed by atoms with van der Waals surface area (Å²) in [5, 5.41) is 0. The van der Waals surface area contributed by atoms with Gasteiger partial charge in [0.05, 0.1) is 24.1 Å². The molecule has 1 fully saturated rings. The van der Waals surface area contributed by atoms with Gasteiger partial charge in [-0.2, -0.15) is 0 Å². The number of carbonyl (C=O) groups excluding carboxylic acids is 1. The van der Waals surface area contributed by atoms with Crippen LogP contribution in [0.1, 0.15) is 15.9 Å². The topological polar surface area (TPSA) is 56.5 Å². The van der Waals surface area contributed by atoms with Crippen molar-refractivity contribution < 1.29 is 9.53 Å². The number of aromatic nitrogens is 2. The molecule has 0 spiro atoms. The predicted molar refractivity (Wildman–Crippen MR) is 99.7 cm³/mol. The van der Waals surface area contributed by atoms with Crippen LogP contribution in [-0.4, -0.2) is 39.1 Å². The summed E-state index contributed by atoms with van der Waals surface area (Å²) in [4.78, 5) is 26.5. The first-order chi connectivity index (χ1) is 12.4. The fourth-order valence-corrected chi connectivity index (χ4v) is 3.38. The fourth-order valence-electron chi connectivity index (χ4n) is 3.38. The standard InChI is InChI=1S/C20H21N3O3/c1-13-5-4-6-15(9-13)26-16-11-23(12-16)19(24)14-7-8-17-18(10-14)22(3)20(25)21(17)2/h4-10,16H,11-12H2,1-3H3. The Morgan fingerprint density at radius 2 is 1.77 bits per heavy atom. The first-order valence-corrected chi connectivity index (χ1v) is 8.62. The van der Waals surface area contributed by atoms with Crippen LogP contribution in [0.2, 0.25) is 0 Å². The van der Waals surface area contributed by atoms with Crippen molar-refractivity contribution in [2.75, 3.05) is 13.1 Å². The highest BCUT2D eigenvalue weighted by Gasteiger charge is 2.33. The number of imidazole rings is 1. The largest absolute Gasteiger partial charge is 0.487 e. The van der Waals surface area contributed by atoms with E-state index in [4.69, 9.17) is 4.74 Å². The van der Waals surface area contributed by atoms with Crippen molar-refractivity contribution in [2.24, 2.45) is 14.1 Å². The molecule has 0 unspecified atom stereocenters. The summed E-state index contributed by atoms with van der Waals surface area (Å²) < 4.78 is 9.06. The summed E-state index contributed by atoms with van der Waals surface area (Å²) in [6, 6.07) is 13.3. The third kappa shape index (κ3) is 2.67. The lowest BCUT2D eigenvalue weighted by atomic mass is 10.1. The number of hydrogen-bond donors (Lipinski definition) is 0. The minimum atomic E-state index is -0.0971. The van der Waals surface area contributed by atoms with Crippen LogP contribution in [0.4, 0.5) is 0 Å². The zero-order valence-corrected chi connectivity index (χ0v) is 15.1. The van der Waals surface area contributed by atoms with Crippen LogP contribution in [0.15, 0.2) is 47.3 Å². The molecule has 1 amide bonds. The van der Waals surface area contributed by atoms with Crippen LogP contribution in [0.5, 0.6) is 5.75 Å². The van der Waals surface area contributed by atoms with E-state index in [0.29, 0.717) is 18.7 Å². The van der Waals surface area contributed by atoms with Gasteiger partial charge in [-0.25, -0.2) is 4.79 Å². The average molecular weight is 351 g/mol. The summed E-state index contributed by atoms with van der Waals surface area (Å²) in [5.41, 5.74) is 3.22. The number of nitrogens with zero attached hydrogens (tertiary/aromatic N) is 3. The highest BCUT2D eigenvalue weighted by molar-refractivity contribution is 5.98. The summed E-state index contributed by atoms with van der Waals surface area (Å²) in [7, 11) is 3.45. The van der Waals surface area contributed by atoms with Gasteiger partial charge < -0.3 is 9.64 Å². The molecule has 6 nitrogen and oxygen atoms in total. The predicted octanol–water partition coefficient (Wildman–Crippen LogP) is 2.09. The van der Waals surface area contributed by atoms with E-state index in [0.717, 1.165) is 22.3 Å². The number of fused-ring (bicyclic) bond motifs is 1. The molecule has 1 saturated heterocycles. The van der Waals surface area contributed by atoms with Crippen LogP contribution in [-0.2, 0) is 14.1 Å². The second-order valence-electron chi connectivity index (χ2n) is 6.87. The summed E-state index contributed by atoms with van der Waals surface area (Å²) in [6.07, 6.45) is 0.0190. The van der Waals surface area contributed by atoms with Crippen LogP contribution in [0.3, 0.4) is 0 Å². The van der Waals surface area contributed by atoms with Crippen molar-refractivity contribution in [3.05, 3.63) is 64.1 Å². The van der Waals surface area contributed by atoms with Crippen molar-refractivity contribution in [2.45, 2.75) is 13.0 Å². The van der Waals surface area contributed by atoms with Crippen LogP contribution in [0, 0.1) is 6.92 Å². The molecule has 2 heterocycles. The highest BCUT2D eigenvalue weighted by atomic mass is 16.5. The van der Waals surface area contributed by atoms with E-state index >= 15 is 0 Å². The molecule has 3 aromatic rings. The molecular formula is C20H21N3O3. The molecule has 134 valence electrons. The lowest BCUT2D eigenvalue weighted by molar-refractivity contribution is 0.0178. The van der Waals surface area contributed by atoms with Crippen LogP contribution < -0.4 is 10.4 Å². The quantitative estimate of drug-likeness (QED) is 0.726. The fraction of sp³-hybridized carbons (Fsp3) is 0.300.